The average Bonchev–Trinajstić information content (AvgIpc) is 3.47. The number of aromatic nitrogens is 2. The molecular weight excluding hydrogens is 510 g/mol. The van der Waals surface area contributed by atoms with Crippen molar-refractivity contribution in [3.05, 3.63) is 59.8 Å². The van der Waals surface area contributed by atoms with Gasteiger partial charge in [0.2, 0.25) is 5.91 Å². The zero-order chi connectivity index (χ0) is 26.9. The van der Waals surface area contributed by atoms with Gasteiger partial charge in [-0.2, -0.15) is 10.4 Å². The lowest BCUT2D eigenvalue weighted by Gasteiger charge is -2.45. The van der Waals surface area contributed by atoms with Crippen LogP contribution in [0.3, 0.4) is 0 Å². The minimum Gasteiger partial charge on any atom is -0.389 e. The largest absolute Gasteiger partial charge is 0.389 e. The molecule has 4 aromatic rings. The zero-order valence-corrected chi connectivity index (χ0v) is 21.2. The molecule has 4 heterocycles. The van der Waals surface area contributed by atoms with E-state index in [1.54, 1.807) is 14.5 Å². The number of hydrogen-bond donors (Lipinski definition) is 1. The van der Waals surface area contributed by atoms with E-state index in [9.17, 15) is 19.2 Å². The molecule has 0 unspecified atom stereocenters. The molecule has 2 N–H and O–H groups in total. The van der Waals surface area contributed by atoms with Gasteiger partial charge in [-0.25, -0.2) is 8.78 Å². The van der Waals surface area contributed by atoms with Gasteiger partial charge in [-0.15, -0.1) is 11.3 Å². The first kappa shape index (κ1) is 24.1. The maximum absolute atomic E-state index is 16.0. The highest BCUT2D eigenvalue weighted by atomic mass is 32.1. The molecule has 2 amide bonds. The molecule has 0 radical (unpaired) electrons. The van der Waals surface area contributed by atoms with Gasteiger partial charge in [0, 0.05) is 42.0 Å². The fraction of sp³-hybridized carbons (Fsp3) is 0.259. The first-order valence-corrected chi connectivity index (χ1v) is 12.9. The Morgan fingerprint density at radius 3 is 2.82 bits per heavy atom. The van der Waals surface area contributed by atoms with Gasteiger partial charge in [-0.3, -0.25) is 14.3 Å². The molecule has 2 aliphatic rings. The maximum atomic E-state index is 16.0. The standard InChI is InChI=1S/C27H22F2N6O2S/c1-3-21(36)33-12-14-6-7-35-24-16(27(37)34(14)11-13(33)2)8-20(29)22(18(24)10-32-35)15-4-5-19(28)25-23(15)17(9-30)26(31)38-25/h3-5,8,10,13-14H,1,6-7,11-12,31H2,2H3/t13-,14+/m1/s1. The number of nitriles is 1. The summed E-state index contributed by atoms with van der Waals surface area (Å²) in [4.78, 5) is 29.6. The summed E-state index contributed by atoms with van der Waals surface area (Å²) in [6.45, 7) is 6.54. The summed E-state index contributed by atoms with van der Waals surface area (Å²) < 4.78 is 32.5. The lowest BCUT2D eigenvalue weighted by atomic mass is 9.93. The molecule has 0 saturated carbocycles. The van der Waals surface area contributed by atoms with Crippen LogP contribution in [0, 0.1) is 23.0 Å². The third kappa shape index (κ3) is 3.33. The first-order valence-electron chi connectivity index (χ1n) is 12.1. The Morgan fingerprint density at radius 2 is 2.08 bits per heavy atom. The van der Waals surface area contributed by atoms with Gasteiger partial charge >= 0.3 is 0 Å². The van der Waals surface area contributed by atoms with Gasteiger partial charge in [0.1, 0.15) is 22.7 Å². The summed E-state index contributed by atoms with van der Waals surface area (Å²) in [6, 6.07) is 5.38. The molecule has 2 aromatic carbocycles. The fourth-order valence-electron chi connectivity index (χ4n) is 5.75. The van der Waals surface area contributed by atoms with Gasteiger partial charge in [0.25, 0.3) is 5.91 Å². The van der Waals surface area contributed by atoms with Crippen LogP contribution in [-0.2, 0) is 11.3 Å². The third-order valence-electron chi connectivity index (χ3n) is 7.54. The minimum atomic E-state index is -0.687. The SMILES string of the molecule is C=CC(=O)N1C[C@@H]2CCn3ncc4c(-c5ccc(F)c6sc(N)c(C#N)c56)c(F)cc(c43)C(=O)N2C[C@H]1C. The summed E-state index contributed by atoms with van der Waals surface area (Å²) in [7, 11) is 0. The van der Waals surface area contributed by atoms with Crippen LogP contribution in [0.15, 0.2) is 37.1 Å². The topological polar surface area (TPSA) is 108 Å². The fourth-order valence-corrected chi connectivity index (χ4v) is 6.70. The van der Waals surface area contributed by atoms with E-state index in [0.717, 1.165) is 11.3 Å². The van der Waals surface area contributed by atoms with Crippen molar-refractivity contribution in [1.29, 1.82) is 5.26 Å². The number of aryl methyl sites for hydroxylation is 1. The number of halogens is 2. The Hall–Kier alpha value is -4.30. The van der Waals surface area contributed by atoms with Crippen molar-refractivity contribution in [3.63, 3.8) is 0 Å². The molecule has 1 fully saturated rings. The number of carbonyl (C=O) groups is 2. The van der Waals surface area contributed by atoms with E-state index in [1.165, 1.54) is 30.5 Å². The van der Waals surface area contributed by atoms with Gasteiger partial charge in [-0.1, -0.05) is 12.6 Å². The summed E-state index contributed by atoms with van der Waals surface area (Å²) in [5.41, 5.74) is 7.17. The number of piperazine rings is 1. The number of carbonyl (C=O) groups excluding carboxylic acids is 2. The molecule has 2 aromatic heterocycles. The molecule has 6 rings (SSSR count). The van der Waals surface area contributed by atoms with E-state index in [0.29, 0.717) is 42.5 Å². The highest BCUT2D eigenvalue weighted by Gasteiger charge is 2.39. The van der Waals surface area contributed by atoms with E-state index < -0.39 is 11.6 Å². The first-order chi connectivity index (χ1) is 18.2. The molecule has 8 nitrogen and oxygen atoms in total. The van der Waals surface area contributed by atoms with Crippen molar-refractivity contribution in [2.45, 2.75) is 32.0 Å². The Bertz CT molecular complexity index is 1740. The number of nitrogen functional groups attached to an aromatic ring is 1. The number of benzene rings is 2. The zero-order valence-electron chi connectivity index (χ0n) is 20.4. The van der Waals surface area contributed by atoms with E-state index in [2.05, 4.69) is 11.7 Å². The molecule has 2 atom stereocenters. The van der Waals surface area contributed by atoms with Gasteiger partial charge in [0.05, 0.1) is 33.6 Å². The van der Waals surface area contributed by atoms with Crippen LogP contribution < -0.4 is 5.73 Å². The number of fused-ring (bicyclic) bond motifs is 2. The van der Waals surface area contributed by atoms with Crippen LogP contribution in [0.5, 0.6) is 0 Å². The van der Waals surface area contributed by atoms with Crippen molar-refractivity contribution in [2.75, 3.05) is 18.8 Å². The van der Waals surface area contributed by atoms with Crippen molar-refractivity contribution in [3.8, 4) is 17.2 Å². The number of nitrogens with zero attached hydrogens (tertiary/aromatic N) is 5. The number of rotatable bonds is 2. The normalized spacial score (nSPS) is 19.3. The molecule has 0 spiro atoms. The van der Waals surface area contributed by atoms with Crippen LogP contribution >= 0.6 is 11.3 Å². The maximum Gasteiger partial charge on any atom is 0.256 e. The second-order valence-electron chi connectivity index (χ2n) is 9.61. The molecule has 11 heteroatoms. The predicted octanol–water partition coefficient (Wildman–Crippen LogP) is 4.28. The van der Waals surface area contributed by atoms with Crippen molar-refractivity contribution in [2.24, 2.45) is 0 Å². The molecule has 1 saturated heterocycles. The number of thiophene rings is 1. The highest BCUT2D eigenvalue weighted by Crippen LogP contribution is 2.44. The van der Waals surface area contributed by atoms with E-state index in [1.807, 2.05) is 13.0 Å². The second kappa shape index (κ2) is 8.63. The smallest absolute Gasteiger partial charge is 0.256 e. The summed E-state index contributed by atoms with van der Waals surface area (Å²) in [6.07, 6.45) is 3.32. The summed E-state index contributed by atoms with van der Waals surface area (Å²) in [5, 5.41) is 15.0. The van der Waals surface area contributed by atoms with Crippen LogP contribution in [0.1, 0.15) is 29.3 Å². The summed E-state index contributed by atoms with van der Waals surface area (Å²) in [5.74, 6) is -1.77. The summed E-state index contributed by atoms with van der Waals surface area (Å²) >= 11 is 0.939. The van der Waals surface area contributed by atoms with Crippen molar-refractivity contribution >= 4 is 49.1 Å². The molecule has 38 heavy (non-hydrogen) atoms. The Kier molecular flexibility index (Phi) is 5.47. The quantitative estimate of drug-likeness (QED) is 0.388. The van der Waals surface area contributed by atoms with Gasteiger partial charge in [0.15, 0.2) is 0 Å². The van der Waals surface area contributed by atoms with Gasteiger partial charge in [-0.05, 0) is 37.1 Å². The van der Waals surface area contributed by atoms with Crippen molar-refractivity contribution < 1.29 is 18.4 Å². The Morgan fingerprint density at radius 1 is 1.29 bits per heavy atom. The van der Waals surface area contributed by atoms with Crippen LogP contribution in [0.25, 0.3) is 32.1 Å². The lowest BCUT2D eigenvalue weighted by Crippen LogP contribution is -2.60. The Labute approximate surface area is 220 Å². The second-order valence-corrected chi connectivity index (χ2v) is 10.7. The third-order valence-corrected chi connectivity index (χ3v) is 8.56. The lowest BCUT2D eigenvalue weighted by molar-refractivity contribution is -0.131. The molecular formula is C27H22F2N6O2S. The van der Waals surface area contributed by atoms with Crippen LogP contribution in [0.4, 0.5) is 13.8 Å². The molecule has 2 aliphatic heterocycles. The number of nitrogens with two attached hydrogens (primary N) is 1. The molecule has 0 bridgehead atoms. The number of amides is 2. The predicted molar refractivity (Wildman–Crippen MR) is 140 cm³/mol. The van der Waals surface area contributed by atoms with Gasteiger partial charge < -0.3 is 15.5 Å². The van der Waals surface area contributed by atoms with Crippen LogP contribution in [-0.4, -0.2) is 56.6 Å². The Balaban J connectivity index is 1.54. The average molecular weight is 533 g/mol. The van der Waals surface area contributed by atoms with E-state index in [-0.39, 0.29) is 55.7 Å². The van der Waals surface area contributed by atoms with Crippen LogP contribution in [0.2, 0.25) is 0 Å². The monoisotopic (exact) mass is 532 g/mol. The molecule has 192 valence electrons. The number of hydrogen-bond acceptors (Lipinski definition) is 6. The highest BCUT2D eigenvalue weighted by molar-refractivity contribution is 7.23. The minimum absolute atomic E-state index is 0.0875. The van der Waals surface area contributed by atoms with E-state index >= 15 is 4.39 Å². The number of anilines is 1. The van der Waals surface area contributed by atoms with E-state index in [4.69, 9.17) is 5.73 Å². The molecule has 0 aliphatic carbocycles. The van der Waals surface area contributed by atoms with Crippen molar-refractivity contribution in [1.82, 2.24) is 19.6 Å².